The third kappa shape index (κ3) is 7.58. The van der Waals surface area contributed by atoms with E-state index in [1.165, 1.54) is 0 Å². The van der Waals surface area contributed by atoms with Gasteiger partial charge in [0.2, 0.25) is 0 Å². The summed E-state index contributed by atoms with van der Waals surface area (Å²) in [5.74, 6) is 0.598. The molecular formula is C14H20ClN3O4. The second kappa shape index (κ2) is 9.73. The predicted molar refractivity (Wildman–Crippen MR) is 83.1 cm³/mol. The summed E-state index contributed by atoms with van der Waals surface area (Å²) in [6, 6.07) is 6.42. The lowest BCUT2D eigenvalue weighted by Crippen LogP contribution is -2.45. The van der Waals surface area contributed by atoms with Crippen molar-refractivity contribution in [2.75, 3.05) is 19.7 Å². The Bertz CT molecular complexity index is 481. The number of amides is 3. The summed E-state index contributed by atoms with van der Waals surface area (Å²) >= 11 is 5.77. The van der Waals surface area contributed by atoms with Crippen LogP contribution in [0.3, 0.4) is 0 Å². The van der Waals surface area contributed by atoms with E-state index in [9.17, 15) is 9.59 Å². The lowest BCUT2D eigenvalue weighted by molar-refractivity contribution is 0.152. The third-order valence-electron chi connectivity index (χ3n) is 2.42. The number of hydrogen-bond acceptors (Lipinski definition) is 4. The highest BCUT2D eigenvalue weighted by Gasteiger charge is 2.08. The van der Waals surface area contributed by atoms with Crippen molar-refractivity contribution < 1.29 is 19.1 Å². The Morgan fingerprint density at radius 1 is 1.18 bits per heavy atom. The van der Waals surface area contributed by atoms with Crippen molar-refractivity contribution >= 4 is 23.7 Å². The number of carbonyl (C=O) groups is 2. The van der Waals surface area contributed by atoms with E-state index < -0.39 is 18.4 Å². The number of urea groups is 1. The molecule has 1 atom stereocenters. The lowest BCUT2D eigenvalue weighted by atomic mass is 10.3. The van der Waals surface area contributed by atoms with E-state index in [0.717, 1.165) is 0 Å². The van der Waals surface area contributed by atoms with Gasteiger partial charge >= 0.3 is 12.1 Å². The first-order chi connectivity index (χ1) is 10.5. The second-order valence-corrected chi connectivity index (χ2v) is 4.70. The first kappa shape index (κ1) is 17.9. The van der Waals surface area contributed by atoms with Gasteiger partial charge in [0.05, 0.1) is 6.61 Å². The molecule has 7 nitrogen and oxygen atoms in total. The molecule has 0 heterocycles. The van der Waals surface area contributed by atoms with Crippen LogP contribution in [0.2, 0.25) is 5.02 Å². The number of halogens is 1. The molecule has 0 radical (unpaired) electrons. The first-order valence-corrected chi connectivity index (χ1v) is 7.26. The van der Waals surface area contributed by atoms with E-state index in [1.54, 1.807) is 38.1 Å². The van der Waals surface area contributed by atoms with Gasteiger partial charge in [-0.25, -0.2) is 9.59 Å². The summed E-state index contributed by atoms with van der Waals surface area (Å²) in [7, 11) is 0. The van der Waals surface area contributed by atoms with Crippen LogP contribution in [0.25, 0.3) is 0 Å². The van der Waals surface area contributed by atoms with Gasteiger partial charge in [0.15, 0.2) is 6.23 Å². The summed E-state index contributed by atoms with van der Waals surface area (Å²) in [4.78, 5) is 22.6. The van der Waals surface area contributed by atoms with Gasteiger partial charge in [0.25, 0.3) is 0 Å². The number of carbonyl (C=O) groups excluding carboxylic acids is 2. The quantitative estimate of drug-likeness (QED) is 0.528. The molecule has 1 aromatic carbocycles. The largest absolute Gasteiger partial charge is 0.471 e. The summed E-state index contributed by atoms with van der Waals surface area (Å²) in [6.07, 6.45) is -1.02. The van der Waals surface area contributed by atoms with E-state index in [1.807, 2.05) is 0 Å². The maximum atomic E-state index is 11.6. The molecule has 0 bridgehead atoms. The van der Waals surface area contributed by atoms with Crippen LogP contribution in [0, 0.1) is 0 Å². The lowest BCUT2D eigenvalue weighted by Gasteiger charge is -2.16. The molecule has 0 spiro atoms. The van der Waals surface area contributed by atoms with Crippen molar-refractivity contribution in [1.29, 1.82) is 0 Å². The topological polar surface area (TPSA) is 88.7 Å². The van der Waals surface area contributed by atoms with Crippen molar-refractivity contribution in [1.82, 2.24) is 16.0 Å². The molecule has 1 aromatic rings. The molecule has 0 aliphatic heterocycles. The zero-order valence-electron chi connectivity index (χ0n) is 12.5. The number of rotatable bonds is 7. The molecular weight excluding hydrogens is 310 g/mol. The molecule has 0 fully saturated rings. The van der Waals surface area contributed by atoms with Gasteiger partial charge in [-0.3, -0.25) is 0 Å². The van der Waals surface area contributed by atoms with Gasteiger partial charge in [-0.05, 0) is 38.1 Å². The highest BCUT2D eigenvalue weighted by atomic mass is 35.5. The van der Waals surface area contributed by atoms with E-state index >= 15 is 0 Å². The van der Waals surface area contributed by atoms with Crippen molar-refractivity contribution in [3.05, 3.63) is 29.3 Å². The Hall–Kier alpha value is -2.15. The van der Waals surface area contributed by atoms with Gasteiger partial charge in [-0.15, -0.1) is 0 Å². The number of benzene rings is 1. The number of nitrogens with one attached hydrogen (secondary N) is 3. The number of alkyl carbamates (subject to hydrolysis) is 1. The van der Waals surface area contributed by atoms with Gasteiger partial charge in [0.1, 0.15) is 5.75 Å². The fraction of sp³-hybridized carbons (Fsp3) is 0.429. The standard InChI is InChI=1S/C14H20ClN3O4/c1-3-21-14(20)17-9-8-16-13(19)18-10(2)22-12-6-4-11(15)5-7-12/h4-7,10H,3,8-9H2,1-2H3,(H,17,20)(H2,16,18,19). The monoisotopic (exact) mass is 329 g/mol. The maximum absolute atomic E-state index is 11.6. The fourth-order valence-electron chi connectivity index (χ4n) is 1.51. The molecule has 0 aliphatic carbocycles. The zero-order valence-corrected chi connectivity index (χ0v) is 13.3. The van der Waals surface area contributed by atoms with Crippen molar-refractivity contribution in [3.8, 4) is 5.75 Å². The minimum atomic E-state index is -0.515. The zero-order chi connectivity index (χ0) is 16.4. The molecule has 0 saturated heterocycles. The minimum Gasteiger partial charge on any atom is -0.471 e. The molecule has 3 amide bonds. The van der Waals surface area contributed by atoms with Crippen molar-refractivity contribution in [2.24, 2.45) is 0 Å². The molecule has 122 valence electrons. The smallest absolute Gasteiger partial charge is 0.407 e. The van der Waals surface area contributed by atoms with Crippen LogP contribution >= 0.6 is 11.6 Å². The molecule has 1 rings (SSSR count). The summed E-state index contributed by atoms with van der Waals surface area (Å²) < 4.78 is 10.2. The number of hydrogen-bond donors (Lipinski definition) is 3. The summed E-state index contributed by atoms with van der Waals surface area (Å²) in [6.45, 7) is 4.27. The molecule has 3 N–H and O–H groups in total. The van der Waals surface area contributed by atoms with E-state index in [4.69, 9.17) is 16.3 Å². The van der Waals surface area contributed by atoms with Crippen LogP contribution in [0.1, 0.15) is 13.8 Å². The predicted octanol–water partition coefficient (Wildman–Crippen LogP) is 2.11. The highest BCUT2D eigenvalue weighted by Crippen LogP contribution is 2.16. The molecule has 0 saturated carbocycles. The summed E-state index contributed by atoms with van der Waals surface area (Å²) in [5, 5.41) is 8.29. The van der Waals surface area contributed by atoms with Crippen LogP contribution in [0.4, 0.5) is 9.59 Å². The number of ether oxygens (including phenoxy) is 2. The van der Waals surface area contributed by atoms with Crippen LogP contribution in [-0.2, 0) is 4.74 Å². The van der Waals surface area contributed by atoms with Gasteiger partial charge in [0, 0.05) is 18.1 Å². The molecule has 0 aliphatic rings. The van der Waals surface area contributed by atoms with Gasteiger partial charge < -0.3 is 25.4 Å². The third-order valence-corrected chi connectivity index (χ3v) is 2.67. The van der Waals surface area contributed by atoms with Crippen LogP contribution in [-0.4, -0.2) is 38.0 Å². The van der Waals surface area contributed by atoms with Crippen LogP contribution in [0.5, 0.6) is 5.75 Å². The average molecular weight is 330 g/mol. The normalized spacial score (nSPS) is 11.2. The van der Waals surface area contributed by atoms with E-state index in [0.29, 0.717) is 17.4 Å². The molecule has 0 aromatic heterocycles. The van der Waals surface area contributed by atoms with E-state index in [-0.39, 0.29) is 13.1 Å². The van der Waals surface area contributed by atoms with Gasteiger partial charge in [-0.1, -0.05) is 11.6 Å². The Kier molecular flexibility index (Phi) is 7.91. The van der Waals surface area contributed by atoms with Crippen LogP contribution < -0.4 is 20.7 Å². The molecule has 1 unspecified atom stereocenters. The first-order valence-electron chi connectivity index (χ1n) is 6.88. The second-order valence-electron chi connectivity index (χ2n) is 4.26. The Labute approximate surface area is 134 Å². The fourth-order valence-corrected chi connectivity index (χ4v) is 1.63. The highest BCUT2D eigenvalue weighted by molar-refractivity contribution is 6.30. The van der Waals surface area contributed by atoms with Gasteiger partial charge in [-0.2, -0.15) is 0 Å². The Morgan fingerprint density at radius 3 is 2.45 bits per heavy atom. The van der Waals surface area contributed by atoms with Crippen LogP contribution in [0.15, 0.2) is 24.3 Å². The van der Waals surface area contributed by atoms with Crippen molar-refractivity contribution in [2.45, 2.75) is 20.1 Å². The Morgan fingerprint density at radius 2 is 1.82 bits per heavy atom. The molecule has 22 heavy (non-hydrogen) atoms. The summed E-state index contributed by atoms with van der Waals surface area (Å²) in [5.41, 5.74) is 0. The average Bonchev–Trinajstić information content (AvgIpc) is 2.46. The van der Waals surface area contributed by atoms with Crippen molar-refractivity contribution in [3.63, 3.8) is 0 Å². The maximum Gasteiger partial charge on any atom is 0.407 e. The Balaban J connectivity index is 2.18. The molecule has 8 heteroatoms. The SMILES string of the molecule is CCOC(=O)NCCNC(=O)NC(C)Oc1ccc(Cl)cc1. The minimum absolute atomic E-state index is 0.276. The van der Waals surface area contributed by atoms with E-state index in [2.05, 4.69) is 20.7 Å².